The Hall–Kier alpha value is -1.67. The van der Waals surface area contributed by atoms with Crippen molar-refractivity contribution in [2.75, 3.05) is 11.9 Å². The number of nitrogens with zero attached hydrogens (tertiary/aromatic N) is 1. The molecule has 18 heavy (non-hydrogen) atoms. The Morgan fingerprint density at radius 3 is 2.61 bits per heavy atom. The van der Waals surface area contributed by atoms with Crippen molar-refractivity contribution in [1.29, 1.82) is 0 Å². The molecule has 1 rings (SSSR count). The highest BCUT2D eigenvalue weighted by atomic mass is 32.2. The summed E-state index contributed by atoms with van der Waals surface area (Å²) in [6, 6.07) is 3.56. The van der Waals surface area contributed by atoms with Gasteiger partial charge in [0.2, 0.25) is 10.0 Å². The molecular formula is C10H15N3O4S. The third kappa shape index (κ3) is 3.67. The first kappa shape index (κ1) is 14.4. The summed E-state index contributed by atoms with van der Waals surface area (Å²) in [7, 11) is -3.99. The van der Waals surface area contributed by atoms with Crippen molar-refractivity contribution < 1.29 is 13.3 Å². The monoisotopic (exact) mass is 273 g/mol. The van der Waals surface area contributed by atoms with Gasteiger partial charge in [0.15, 0.2) is 0 Å². The number of unbranched alkanes of at least 4 members (excludes halogenated alkanes) is 1. The molecule has 0 spiro atoms. The van der Waals surface area contributed by atoms with Crippen LogP contribution in [0.5, 0.6) is 0 Å². The van der Waals surface area contributed by atoms with E-state index >= 15 is 0 Å². The summed E-state index contributed by atoms with van der Waals surface area (Å²) in [4.78, 5) is 9.68. The maximum absolute atomic E-state index is 11.4. The molecule has 3 N–H and O–H groups in total. The fourth-order valence-electron chi connectivity index (χ4n) is 1.41. The summed E-state index contributed by atoms with van der Waals surface area (Å²) in [5.74, 6) is 0. The van der Waals surface area contributed by atoms with Crippen molar-refractivity contribution in [3.8, 4) is 0 Å². The first-order chi connectivity index (χ1) is 8.36. The summed E-state index contributed by atoms with van der Waals surface area (Å²) in [5, 5.41) is 18.5. The highest BCUT2D eigenvalue weighted by Crippen LogP contribution is 2.25. The Morgan fingerprint density at radius 2 is 2.11 bits per heavy atom. The summed E-state index contributed by atoms with van der Waals surface area (Å²) < 4.78 is 22.8. The van der Waals surface area contributed by atoms with Crippen molar-refractivity contribution in [3.63, 3.8) is 0 Å². The van der Waals surface area contributed by atoms with E-state index in [-0.39, 0.29) is 16.3 Å². The second-order valence-electron chi connectivity index (χ2n) is 3.76. The molecule has 0 heterocycles. The Kier molecular flexibility index (Phi) is 4.62. The van der Waals surface area contributed by atoms with Crippen LogP contribution in [0, 0.1) is 10.1 Å². The van der Waals surface area contributed by atoms with Gasteiger partial charge in [-0.3, -0.25) is 10.1 Å². The number of hydrogen-bond donors (Lipinski definition) is 2. The van der Waals surface area contributed by atoms with E-state index in [0.717, 1.165) is 18.9 Å². The fraction of sp³-hybridized carbons (Fsp3) is 0.400. The van der Waals surface area contributed by atoms with Gasteiger partial charge in [0.05, 0.1) is 10.6 Å². The van der Waals surface area contributed by atoms with Crippen LogP contribution in [-0.4, -0.2) is 19.9 Å². The number of sulfonamides is 1. The van der Waals surface area contributed by atoms with E-state index in [1.54, 1.807) is 0 Å². The molecule has 1 aromatic carbocycles. The number of rotatable bonds is 6. The number of hydrogen-bond acceptors (Lipinski definition) is 5. The molecule has 0 aromatic heterocycles. The number of nitro groups is 1. The number of nitrogens with one attached hydrogen (secondary N) is 1. The lowest BCUT2D eigenvalue weighted by molar-refractivity contribution is -0.385. The van der Waals surface area contributed by atoms with Crippen molar-refractivity contribution in [2.45, 2.75) is 24.7 Å². The minimum atomic E-state index is -3.99. The van der Waals surface area contributed by atoms with Crippen LogP contribution in [0.15, 0.2) is 23.1 Å². The van der Waals surface area contributed by atoms with Crippen LogP contribution in [0.3, 0.4) is 0 Å². The van der Waals surface area contributed by atoms with Crippen LogP contribution in [0.1, 0.15) is 19.8 Å². The SMILES string of the molecule is CCCCNc1ccc([N+](=O)[O-])cc1S(N)(=O)=O. The van der Waals surface area contributed by atoms with Gasteiger partial charge in [0.25, 0.3) is 5.69 Å². The van der Waals surface area contributed by atoms with Gasteiger partial charge in [0, 0.05) is 18.7 Å². The molecule has 0 unspecified atom stereocenters. The Bertz CT molecular complexity index is 542. The standard InChI is InChI=1S/C10H15N3O4S/c1-2-3-6-12-9-5-4-8(13(14)15)7-10(9)18(11,16)17/h4-5,7,12H,2-3,6H2,1H3,(H2,11,16,17). The van der Waals surface area contributed by atoms with Gasteiger partial charge in [-0.05, 0) is 12.5 Å². The normalized spacial score (nSPS) is 11.2. The number of nitro benzene ring substituents is 1. The summed E-state index contributed by atoms with van der Waals surface area (Å²) in [6.45, 7) is 2.58. The van der Waals surface area contributed by atoms with Crippen molar-refractivity contribution in [3.05, 3.63) is 28.3 Å². The van der Waals surface area contributed by atoms with Crippen LogP contribution < -0.4 is 10.5 Å². The topological polar surface area (TPSA) is 115 Å². The minimum Gasteiger partial charge on any atom is -0.384 e. The second-order valence-corrected chi connectivity index (χ2v) is 5.29. The average molecular weight is 273 g/mol. The molecule has 0 aliphatic rings. The quantitative estimate of drug-likeness (QED) is 0.462. The highest BCUT2D eigenvalue weighted by Gasteiger charge is 2.18. The molecule has 0 aliphatic carbocycles. The smallest absolute Gasteiger partial charge is 0.270 e. The zero-order valence-electron chi connectivity index (χ0n) is 9.92. The van der Waals surface area contributed by atoms with Crippen molar-refractivity contribution in [1.82, 2.24) is 0 Å². The zero-order chi connectivity index (χ0) is 13.8. The summed E-state index contributed by atoms with van der Waals surface area (Å²) in [6.07, 6.45) is 1.81. The number of primary sulfonamides is 1. The molecule has 0 saturated carbocycles. The number of non-ortho nitro benzene ring substituents is 1. The van der Waals surface area contributed by atoms with E-state index in [0.29, 0.717) is 6.54 Å². The summed E-state index contributed by atoms with van der Waals surface area (Å²) >= 11 is 0. The third-order valence-electron chi connectivity index (χ3n) is 2.33. The number of nitrogens with two attached hydrogens (primary N) is 1. The van der Waals surface area contributed by atoms with Gasteiger partial charge in [-0.25, -0.2) is 13.6 Å². The van der Waals surface area contributed by atoms with Crippen molar-refractivity contribution in [2.24, 2.45) is 5.14 Å². The van der Waals surface area contributed by atoms with E-state index in [1.165, 1.54) is 12.1 Å². The van der Waals surface area contributed by atoms with Gasteiger partial charge < -0.3 is 5.32 Å². The molecule has 1 aromatic rings. The van der Waals surface area contributed by atoms with Gasteiger partial charge >= 0.3 is 0 Å². The predicted molar refractivity (Wildman–Crippen MR) is 67.9 cm³/mol. The Balaban J connectivity index is 3.14. The first-order valence-corrected chi connectivity index (χ1v) is 6.96. The molecule has 0 amide bonds. The van der Waals surface area contributed by atoms with Crippen LogP contribution in [0.25, 0.3) is 0 Å². The first-order valence-electron chi connectivity index (χ1n) is 5.41. The Labute approximate surface area is 105 Å². The average Bonchev–Trinajstić information content (AvgIpc) is 2.28. The summed E-state index contributed by atoms with van der Waals surface area (Å²) in [5.41, 5.74) is -0.0170. The van der Waals surface area contributed by atoms with E-state index in [9.17, 15) is 18.5 Å². The fourth-order valence-corrected chi connectivity index (χ4v) is 2.14. The van der Waals surface area contributed by atoms with Gasteiger partial charge in [0.1, 0.15) is 4.90 Å². The molecule has 0 radical (unpaired) electrons. The minimum absolute atomic E-state index is 0.257. The molecular weight excluding hydrogens is 258 g/mol. The molecule has 7 nitrogen and oxygen atoms in total. The maximum Gasteiger partial charge on any atom is 0.270 e. The van der Waals surface area contributed by atoms with Crippen LogP contribution >= 0.6 is 0 Å². The van der Waals surface area contributed by atoms with Gasteiger partial charge in [-0.2, -0.15) is 0 Å². The predicted octanol–water partition coefficient (Wildman–Crippen LogP) is 1.45. The van der Waals surface area contributed by atoms with Crippen LogP contribution in [0.4, 0.5) is 11.4 Å². The molecule has 0 aliphatic heterocycles. The van der Waals surface area contributed by atoms with Gasteiger partial charge in [-0.15, -0.1) is 0 Å². The molecule has 8 heteroatoms. The number of anilines is 1. The lowest BCUT2D eigenvalue weighted by Crippen LogP contribution is -2.15. The third-order valence-corrected chi connectivity index (χ3v) is 3.28. The molecule has 0 fully saturated rings. The maximum atomic E-state index is 11.4. The van der Waals surface area contributed by atoms with E-state index in [1.807, 2.05) is 6.92 Å². The van der Waals surface area contributed by atoms with E-state index in [2.05, 4.69) is 5.32 Å². The van der Waals surface area contributed by atoms with Crippen LogP contribution in [-0.2, 0) is 10.0 Å². The lowest BCUT2D eigenvalue weighted by Gasteiger charge is -2.09. The molecule has 0 saturated heterocycles. The van der Waals surface area contributed by atoms with Gasteiger partial charge in [-0.1, -0.05) is 13.3 Å². The largest absolute Gasteiger partial charge is 0.384 e. The van der Waals surface area contributed by atoms with Crippen molar-refractivity contribution >= 4 is 21.4 Å². The lowest BCUT2D eigenvalue weighted by atomic mass is 10.2. The second kappa shape index (κ2) is 5.78. The molecule has 0 atom stereocenters. The van der Waals surface area contributed by atoms with Crippen LogP contribution in [0.2, 0.25) is 0 Å². The molecule has 0 bridgehead atoms. The highest BCUT2D eigenvalue weighted by molar-refractivity contribution is 7.89. The van der Waals surface area contributed by atoms with E-state index < -0.39 is 14.9 Å². The zero-order valence-corrected chi connectivity index (χ0v) is 10.7. The Morgan fingerprint density at radius 1 is 1.44 bits per heavy atom. The number of benzene rings is 1. The van der Waals surface area contributed by atoms with E-state index in [4.69, 9.17) is 5.14 Å². The molecule has 100 valence electrons.